The maximum atomic E-state index is 12.7. The van der Waals surface area contributed by atoms with Crippen LogP contribution in [0.2, 0.25) is 0 Å². The number of hydrogen-bond donors (Lipinski definition) is 1. The van der Waals surface area contributed by atoms with Gasteiger partial charge in [-0.1, -0.05) is 56.0 Å². The summed E-state index contributed by atoms with van der Waals surface area (Å²) < 4.78 is 5.33. The SMILES string of the molecule is C.CN1CCN(Cc2ccc(-c3ccc(C[C@@H](C#N)CC(=O)C4(N)CCOCC4)cc3)cc2)CC1. The Balaban J connectivity index is 0.00000342. The summed E-state index contributed by atoms with van der Waals surface area (Å²) in [6.07, 6.45) is 1.82. The zero-order chi connectivity index (χ0) is 24.0. The van der Waals surface area contributed by atoms with Crippen molar-refractivity contribution in [2.24, 2.45) is 11.7 Å². The van der Waals surface area contributed by atoms with E-state index in [0.717, 1.165) is 43.9 Å². The van der Waals surface area contributed by atoms with E-state index in [0.29, 0.717) is 32.5 Å². The molecule has 2 heterocycles. The number of hydrogen-bond acceptors (Lipinski definition) is 6. The predicted octanol–water partition coefficient (Wildman–Crippen LogP) is 3.89. The van der Waals surface area contributed by atoms with Gasteiger partial charge in [0, 0.05) is 52.4 Å². The van der Waals surface area contributed by atoms with E-state index in [1.54, 1.807) is 0 Å². The van der Waals surface area contributed by atoms with Crippen LogP contribution in [0, 0.1) is 17.2 Å². The molecule has 0 spiro atoms. The monoisotopic (exact) mass is 476 g/mol. The second-order valence-electron chi connectivity index (χ2n) is 9.90. The van der Waals surface area contributed by atoms with E-state index < -0.39 is 5.54 Å². The smallest absolute Gasteiger partial charge is 0.154 e. The number of carbonyl (C=O) groups is 1. The number of piperazine rings is 1. The molecule has 2 aromatic rings. The van der Waals surface area contributed by atoms with Crippen LogP contribution in [-0.4, -0.2) is 67.6 Å². The molecule has 2 N–H and O–H groups in total. The second-order valence-corrected chi connectivity index (χ2v) is 9.90. The van der Waals surface area contributed by atoms with E-state index in [4.69, 9.17) is 10.5 Å². The zero-order valence-corrected chi connectivity index (χ0v) is 20.2. The van der Waals surface area contributed by atoms with Crippen LogP contribution >= 0.6 is 0 Å². The Morgan fingerprint density at radius 2 is 1.54 bits per heavy atom. The molecule has 0 bridgehead atoms. The maximum absolute atomic E-state index is 12.7. The Kier molecular flexibility index (Phi) is 9.59. The first-order valence-electron chi connectivity index (χ1n) is 12.3. The van der Waals surface area contributed by atoms with Crippen LogP contribution in [0.3, 0.4) is 0 Å². The van der Waals surface area contributed by atoms with E-state index in [-0.39, 0.29) is 25.5 Å². The van der Waals surface area contributed by atoms with Gasteiger partial charge in [0.25, 0.3) is 0 Å². The lowest BCUT2D eigenvalue weighted by atomic mass is 9.81. The van der Waals surface area contributed by atoms with Crippen LogP contribution in [0.25, 0.3) is 11.1 Å². The normalized spacial score (nSPS) is 19.3. The molecular formula is C29H40N4O2. The van der Waals surface area contributed by atoms with Crippen molar-refractivity contribution < 1.29 is 9.53 Å². The Morgan fingerprint density at radius 3 is 2.09 bits per heavy atom. The van der Waals surface area contributed by atoms with Crippen LogP contribution in [0.5, 0.6) is 0 Å². The van der Waals surface area contributed by atoms with Crippen molar-refractivity contribution >= 4 is 5.78 Å². The lowest BCUT2D eigenvalue weighted by Crippen LogP contribution is -2.52. The number of nitrogens with two attached hydrogens (primary N) is 1. The van der Waals surface area contributed by atoms with Crippen LogP contribution in [0.15, 0.2) is 48.5 Å². The van der Waals surface area contributed by atoms with E-state index in [1.165, 1.54) is 11.1 Å². The maximum Gasteiger partial charge on any atom is 0.154 e. The van der Waals surface area contributed by atoms with Crippen molar-refractivity contribution in [2.75, 3.05) is 46.4 Å². The van der Waals surface area contributed by atoms with Crippen molar-refractivity contribution in [1.82, 2.24) is 9.80 Å². The van der Waals surface area contributed by atoms with Crippen molar-refractivity contribution in [2.45, 2.75) is 45.2 Å². The molecule has 2 aliphatic heterocycles. The predicted molar refractivity (Wildman–Crippen MR) is 141 cm³/mol. The molecular weight excluding hydrogens is 436 g/mol. The van der Waals surface area contributed by atoms with Gasteiger partial charge in [-0.25, -0.2) is 0 Å². The molecule has 2 aromatic carbocycles. The number of Topliss-reactive ketones (excluding diaryl/α,β-unsaturated/α-hetero) is 1. The molecule has 2 aliphatic rings. The number of benzene rings is 2. The highest BCUT2D eigenvalue weighted by molar-refractivity contribution is 5.88. The first-order chi connectivity index (χ1) is 16.4. The van der Waals surface area contributed by atoms with Gasteiger partial charge in [-0.05, 0) is 48.6 Å². The quantitative estimate of drug-likeness (QED) is 0.623. The number of likely N-dealkylation sites (N-methyl/N-ethyl adjacent to an activating group) is 1. The van der Waals surface area contributed by atoms with Gasteiger partial charge in [-0.2, -0.15) is 5.26 Å². The fourth-order valence-electron chi connectivity index (χ4n) is 4.79. The molecule has 2 saturated heterocycles. The highest BCUT2D eigenvalue weighted by Gasteiger charge is 2.36. The van der Waals surface area contributed by atoms with Crippen LogP contribution < -0.4 is 5.73 Å². The summed E-state index contributed by atoms with van der Waals surface area (Å²) >= 11 is 0. The standard InChI is InChI=1S/C28H36N4O2.CH4/c1-31-12-14-32(15-13-31)21-23-4-8-26(9-5-23)25-6-2-22(3-7-25)18-24(20-29)19-27(33)28(30)10-16-34-17-11-28;/h2-9,24H,10-19,21,30H2,1H3;1H4/t24-;/m1./s1. The third-order valence-electron chi connectivity index (χ3n) is 7.28. The van der Waals surface area contributed by atoms with Gasteiger partial charge in [0.15, 0.2) is 5.78 Å². The molecule has 35 heavy (non-hydrogen) atoms. The minimum Gasteiger partial charge on any atom is -0.381 e. The first-order valence-corrected chi connectivity index (χ1v) is 12.3. The summed E-state index contributed by atoms with van der Waals surface area (Å²) in [6, 6.07) is 19.5. The molecule has 0 amide bonds. The summed E-state index contributed by atoms with van der Waals surface area (Å²) in [4.78, 5) is 17.6. The Hall–Kier alpha value is -2.56. The van der Waals surface area contributed by atoms with Crippen molar-refractivity contribution in [3.05, 3.63) is 59.7 Å². The van der Waals surface area contributed by atoms with Gasteiger partial charge >= 0.3 is 0 Å². The molecule has 1 atom stereocenters. The highest BCUT2D eigenvalue weighted by Crippen LogP contribution is 2.25. The minimum absolute atomic E-state index is 0. The van der Waals surface area contributed by atoms with Crippen LogP contribution in [0.1, 0.15) is 37.8 Å². The summed E-state index contributed by atoms with van der Waals surface area (Å²) in [5, 5.41) is 9.63. The molecule has 6 heteroatoms. The Labute approximate surface area is 210 Å². The van der Waals surface area contributed by atoms with Crippen LogP contribution in [-0.2, 0) is 22.5 Å². The van der Waals surface area contributed by atoms with Gasteiger partial charge in [0.1, 0.15) is 0 Å². The zero-order valence-electron chi connectivity index (χ0n) is 20.2. The van der Waals surface area contributed by atoms with Crippen molar-refractivity contribution in [3.8, 4) is 17.2 Å². The van der Waals surface area contributed by atoms with E-state index in [1.807, 2.05) is 0 Å². The molecule has 0 aliphatic carbocycles. The van der Waals surface area contributed by atoms with E-state index in [9.17, 15) is 10.1 Å². The van der Waals surface area contributed by atoms with E-state index >= 15 is 0 Å². The molecule has 0 unspecified atom stereocenters. The number of carbonyl (C=O) groups excluding carboxylic acids is 1. The van der Waals surface area contributed by atoms with Gasteiger partial charge in [-0.15, -0.1) is 0 Å². The molecule has 0 radical (unpaired) electrons. The molecule has 2 fully saturated rings. The lowest BCUT2D eigenvalue weighted by Gasteiger charge is -2.32. The van der Waals surface area contributed by atoms with Gasteiger partial charge in [-0.3, -0.25) is 9.69 Å². The number of ketones is 1. The Morgan fingerprint density at radius 1 is 1.00 bits per heavy atom. The number of ether oxygens (including phenoxy) is 1. The summed E-state index contributed by atoms with van der Waals surface area (Å²) in [5.74, 6) is -0.383. The molecule has 6 nitrogen and oxygen atoms in total. The fraction of sp³-hybridized carbons (Fsp3) is 0.517. The molecule has 188 valence electrons. The third kappa shape index (κ3) is 7.22. The Bertz CT molecular complexity index is 983. The number of rotatable bonds is 8. The highest BCUT2D eigenvalue weighted by atomic mass is 16.5. The fourth-order valence-corrected chi connectivity index (χ4v) is 4.79. The summed E-state index contributed by atoms with van der Waals surface area (Å²) in [6.45, 7) is 6.53. The average Bonchev–Trinajstić information content (AvgIpc) is 2.86. The van der Waals surface area contributed by atoms with Crippen molar-refractivity contribution in [1.29, 1.82) is 5.26 Å². The van der Waals surface area contributed by atoms with Gasteiger partial charge < -0.3 is 15.4 Å². The molecule has 4 rings (SSSR count). The average molecular weight is 477 g/mol. The van der Waals surface area contributed by atoms with Crippen LogP contribution in [0.4, 0.5) is 0 Å². The molecule has 0 saturated carbocycles. The first kappa shape index (κ1) is 27.0. The van der Waals surface area contributed by atoms with Gasteiger partial charge in [0.05, 0.1) is 17.5 Å². The summed E-state index contributed by atoms with van der Waals surface area (Å²) in [5.41, 5.74) is 10.2. The van der Waals surface area contributed by atoms with Crippen molar-refractivity contribution in [3.63, 3.8) is 0 Å². The number of nitriles is 1. The minimum atomic E-state index is -0.840. The number of nitrogens with zero attached hydrogens (tertiary/aromatic N) is 3. The molecule has 0 aromatic heterocycles. The largest absolute Gasteiger partial charge is 0.381 e. The second kappa shape index (κ2) is 12.4. The van der Waals surface area contributed by atoms with E-state index in [2.05, 4.69) is 71.4 Å². The summed E-state index contributed by atoms with van der Waals surface area (Å²) in [7, 11) is 2.18. The topological polar surface area (TPSA) is 82.6 Å². The third-order valence-corrected chi connectivity index (χ3v) is 7.28. The lowest BCUT2D eigenvalue weighted by molar-refractivity contribution is -0.128. The van der Waals surface area contributed by atoms with Gasteiger partial charge in [0.2, 0.25) is 0 Å².